The smallest absolute Gasteiger partial charge is 0.281 e. The second-order valence-electron chi connectivity index (χ2n) is 5.66. The van der Waals surface area contributed by atoms with Crippen molar-refractivity contribution in [3.63, 3.8) is 0 Å². The van der Waals surface area contributed by atoms with E-state index in [1.165, 1.54) is 17.7 Å². The number of aromatic amines is 1. The summed E-state index contributed by atoms with van der Waals surface area (Å²) in [5, 5.41) is 5.81. The molecule has 0 aliphatic rings. The molecule has 4 nitrogen and oxygen atoms in total. The third kappa shape index (κ3) is 2.37. The van der Waals surface area contributed by atoms with Crippen LogP contribution in [0.1, 0.15) is 24.6 Å². The van der Waals surface area contributed by atoms with Gasteiger partial charge in [0.15, 0.2) is 0 Å². The molecule has 0 fully saturated rings. The highest BCUT2D eigenvalue weighted by Gasteiger charge is 2.13. The quantitative estimate of drug-likeness (QED) is 0.610. The van der Waals surface area contributed by atoms with Crippen molar-refractivity contribution in [1.82, 2.24) is 14.8 Å². The van der Waals surface area contributed by atoms with Crippen molar-refractivity contribution in [2.75, 3.05) is 0 Å². The van der Waals surface area contributed by atoms with Crippen LogP contribution in [0.2, 0.25) is 0 Å². The fourth-order valence-corrected chi connectivity index (χ4v) is 3.84. The number of hydrogen-bond acceptors (Lipinski definition) is 3. The highest BCUT2D eigenvalue weighted by molar-refractivity contribution is 7.14. The van der Waals surface area contributed by atoms with Crippen molar-refractivity contribution >= 4 is 33.1 Å². The summed E-state index contributed by atoms with van der Waals surface area (Å²) in [4.78, 5) is 18.4. The molecule has 4 aromatic rings. The first-order valence-electron chi connectivity index (χ1n) is 7.85. The summed E-state index contributed by atoms with van der Waals surface area (Å²) >= 11 is 1.67. The highest BCUT2D eigenvalue weighted by Crippen LogP contribution is 2.24. The van der Waals surface area contributed by atoms with E-state index in [1.807, 2.05) is 30.3 Å². The summed E-state index contributed by atoms with van der Waals surface area (Å²) in [7, 11) is 0. The van der Waals surface area contributed by atoms with E-state index in [-0.39, 0.29) is 5.56 Å². The lowest BCUT2D eigenvalue weighted by molar-refractivity contribution is 0.804. The number of rotatable bonds is 4. The van der Waals surface area contributed by atoms with Gasteiger partial charge in [-0.25, -0.2) is 4.68 Å². The molecule has 1 N–H and O–H groups in total. The van der Waals surface area contributed by atoms with Gasteiger partial charge in [0.05, 0.1) is 16.4 Å². The molecule has 0 saturated carbocycles. The molecule has 3 heterocycles. The molecule has 0 amide bonds. The summed E-state index contributed by atoms with van der Waals surface area (Å²) in [5.74, 6) is 0. The predicted octanol–water partition coefficient (Wildman–Crippen LogP) is 4.27. The van der Waals surface area contributed by atoms with Crippen molar-refractivity contribution in [3.8, 4) is 5.00 Å². The van der Waals surface area contributed by atoms with Crippen molar-refractivity contribution in [3.05, 3.63) is 57.8 Å². The zero-order valence-corrected chi connectivity index (χ0v) is 13.7. The van der Waals surface area contributed by atoms with Crippen LogP contribution in [0, 0.1) is 0 Å². The molecule has 1 aromatic carbocycles. The van der Waals surface area contributed by atoms with Crippen LogP contribution in [0.5, 0.6) is 0 Å². The minimum atomic E-state index is -0.0397. The van der Waals surface area contributed by atoms with E-state index in [2.05, 4.69) is 23.1 Å². The van der Waals surface area contributed by atoms with E-state index in [9.17, 15) is 4.79 Å². The molecular weight excluding hydrogens is 306 g/mol. The number of nitrogens with zero attached hydrogens (tertiary/aromatic N) is 2. The Labute approximate surface area is 137 Å². The van der Waals surface area contributed by atoms with Gasteiger partial charge in [-0.2, -0.15) is 0 Å². The summed E-state index contributed by atoms with van der Waals surface area (Å²) in [6.07, 6.45) is 5.09. The number of H-pyrrole nitrogens is 1. The van der Waals surface area contributed by atoms with Crippen LogP contribution in [-0.4, -0.2) is 14.8 Å². The second-order valence-corrected chi connectivity index (χ2v) is 6.81. The number of thiophene rings is 1. The van der Waals surface area contributed by atoms with Crippen LogP contribution in [0.4, 0.5) is 0 Å². The Balaban J connectivity index is 1.87. The number of aryl methyl sites for hydroxylation is 1. The minimum absolute atomic E-state index is 0.0397. The zero-order chi connectivity index (χ0) is 15.8. The molecule has 0 aliphatic heterocycles. The van der Waals surface area contributed by atoms with Gasteiger partial charge < -0.3 is 0 Å². The molecule has 5 heteroatoms. The lowest BCUT2D eigenvalue weighted by atomic mass is 10.2. The van der Waals surface area contributed by atoms with E-state index < -0.39 is 0 Å². The number of unbranched alkanes of at least 4 members (excludes halogenated alkanes) is 1. The summed E-state index contributed by atoms with van der Waals surface area (Å²) in [6, 6.07) is 12.0. The summed E-state index contributed by atoms with van der Waals surface area (Å²) in [6.45, 7) is 2.19. The van der Waals surface area contributed by atoms with Gasteiger partial charge in [-0.15, -0.1) is 11.3 Å². The molecule has 0 atom stereocenters. The highest BCUT2D eigenvalue weighted by atomic mass is 32.1. The van der Waals surface area contributed by atoms with E-state index in [4.69, 9.17) is 0 Å². The topological polar surface area (TPSA) is 50.7 Å². The van der Waals surface area contributed by atoms with E-state index in [1.54, 1.807) is 22.2 Å². The average Bonchev–Trinajstić information content (AvgIpc) is 3.18. The number of para-hydroxylation sites is 1. The molecule has 23 heavy (non-hydrogen) atoms. The Morgan fingerprint density at radius 1 is 1.17 bits per heavy atom. The predicted molar refractivity (Wildman–Crippen MR) is 95.7 cm³/mol. The maximum Gasteiger partial charge on any atom is 0.281 e. The van der Waals surface area contributed by atoms with Crippen molar-refractivity contribution in [2.24, 2.45) is 0 Å². The van der Waals surface area contributed by atoms with Gasteiger partial charge >= 0.3 is 0 Å². The van der Waals surface area contributed by atoms with E-state index in [0.717, 1.165) is 27.8 Å². The third-order valence-corrected chi connectivity index (χ3v) is 5.21. The van der Waals surface area contributed by atoms with Crippen LogP contribution in [-0.2, 0) is 6.42 Å². The molecule has 0 radical (unpaired) electrons. The first-order valence-corrected chi connectivity index (χ1v) is 8.67. The number of hydrogen-bond donors (Lipinski definition) is 1. The molecule has 4 rings (SSSR count). The van der Waals surface area contributed by atoms with Gasteiger partial charge in [0.2, 0.25) is 0 Å². The second kappa shape index (κ2) is 5.66. The van der Waals surface area contributed by atoms with Crippen molar-refractivity contribution in [2.45, 2.75) is 26.2 Å². The summed E-state index contributed by atoms with van der Waals surface area (Å²) < 4.78 is 1.64. The van der Waals surface area contributed by atoms with Gasteiger partial charge in [0.25, 0.3) is 5.56 Å². The normalized spacial score (nSPS) is 11.5. The molecule has 116 valence electrons. The van der Waals surface area contributed by atoms with Gasteiger partial charge in [0.1, 0.15) is 5.00 Å². The van der Waals surface area contributed by atoms with Crippen LogP contribution >= 0.6 is 11.3 Å². The van der Waals surface area contributed by atoms with Crippen LogP contribution < -0.4 is 5.56 Å². The zero-order valence-electron chi connectivity index (χ0n) is 12.9. The van der Waals surface area contributed by atoms with Crippen molar-refractivity contribution in [1.29, 1.82) is 0 Å². The molecule has 0 spiro atoms. The van der Waals surface area contributed by atoms with Crippen molar-refractivity contribution < 1.29 is 0 Å². The molecule has 0 saturated heterocycles. The monoisotopic (exact) mass is 323 g/mol. The average molecular weight is 323 g/mol. The maximum atomic E-state index is 12.7. The number of benzene rings is 1. The van der Waals surface area contributed by atoms with Crippen LogP contribution in [0.3, 0.4) is 0 Å². The van der Waals surface area contributed by atoms with Gasteiger partial charge in [-0.3, -0.25) is 14.9 Å². The molecule has 0 bridgehead atoms. The Morgan fingerprint density at radius 3 is 2.91 bits per heavy atom. The van der Waals surface area contributed by atoms with Crippen LogP contribution in [0.15, 0.2) is 47.4 Å². The Morgan fingerprint density at radius 2 is 2.04 bits per heavy atom. The number of pyridine rings is 1. The van der Waals surface area contributed by atoms with Gasteiger partial charge in [-0.1, -0.05) is 31.5 Å². The fourth-order valence-electron chi connectivity index (χ4n) is 2.83. The van der Waals surface area contributed by atoms with E-state index in [0.29, 0.717) is 5.39 Å². The molecule has 0 unspecified atom stereocenters. The largest absolute Gasteiger partial charge is 0.289 e. The lowest BCUT2D eigenvalue weighted by Gasteiger charge is -1.97. The lowest BCUT2D eigenvalue weighted by Crippen LogP contribution is -2.12. The van der Waals surface area contributed by atoms with Crippen LogP contribution in [0.25, 0.3) is 26.8 Å². The van der Waals surface area contributed by atoms with E-state index >= 15 is 0 Å². The van der Waals surface area contributed by atoms with Gasteiger partial charge in [0, 0.05) is 16.5 Å². The SMILES string of the molecule is CCCCc1ccc(-n2[nH]c3c(cnc4ccccc43)c2=O)s1. The fraction of sp³-hybridized carbons (Fsp3) is 0.222. The Bertz CT molecular complexity index is 1040. The first-order chi connectivity index (χ1) is 11.3. The Kier molecular flexibility index (Phi) is 3.50. The minimum Gasteiger partial charge on any atom is -0.289 e. The maximum absolute atomic E-state index is 12.7. The molecule has 0 aliphatic carbocycles. The number of aromatic nitrogens is 3. The molecule has 3 aromatic heterocycles. The first kappa shape index (κ1) is 14.2. The summed E-state index contributed by atoms with van der Waals surface area (Å²) in [5.41, 5.74) is 1.70. The number of nitrogens with one attached hydrogen (secondary N) is 1. The third-order valence-electron chi connectivity index (χ3n) is 4.08. The number of fused-ring (bicyclic) bond motifs is 3. The van der Waals surface area contributed by atoms with Gasteiger partial charge in [-0.05, 0) is 31.0 Å². The molecular formula is C18H17N3OS. The Hall–Kier alpha value is -2.40. The standard InChI is InChI=1S/C18H17N3OS/c1-2-3-6-12-9-10-16(23-12)21-18(22)14-11-19-15-8-5-4-7-13(15)17(14)20-21/h4-5,7-11,20H,2-3,6H2,1H3.